The van der Waals surface area contributed by atoms with E-state index >= 15 is 0 Å². The molecule has 1 N–H and O–H groups in total. The highest BCUT2D eigenvalue weighted by Gasteiger charge is 2.40. The zero-order valence-corrected chi connectivity index (χ0v) is 25.9. The molecule has 5 rings (SSSR count). The molecule has 244 valence electrons. The SMILES string of the molecule is CCn1cc(-c2cc(Cn3ccn(C)/c3=N\C(=O)OC(C)(C)C)cc3c2OCC(Cc2ccc(F)c(O)c2)C3=O)c(C(F)(F)F)n1. The number of benzene rings is 2. The van der Waals surface area contributed by atoms with E-state index in [-0.39, 0.29) is 60.0 Å². The molecule has 2 aromatic heterocycles. The van der Waals surface area contributed by atoms with Gasteiger partial charge in [-0.25, -0.2) is 9.18 Å². The van der Waals surface area contributed by atoms with Crippen molar-refractivity contribution in [3.8, 4) is 22.6 Å². The Balaban J connectivity index is 1.62. The van der Waals surface area contributed by atoms with E-state index in [1.165, 1.54) is 24.4 Å². The minimum absolute atomic E-state index is 0.00941. The van der Waals surface area contributed by atoms with Crippen molar-refractivity contribution in [3.63, 3.8) is 0 Å². The average Bonchev–Trinajstić information content (AvgIpc) is 3.55. The lowest BCUT2D eigenvalue weighted by Crippen LogP contribution is -2.31. The first-order valence-corrected chi connectivity index (χ1v) is 14.5. The molecule has 14 heteroatoms. The molecular formula is C32H33F4N5O5. The number of hydrogen-bond acceptors (Lipinski definition) is 6. The van der Waals surface area contributed by atoms with Crippen LogP contribution in [0.15, 0.2) is 53.9 Å². The maximum atomic E-state index is 14.2. The van der Waals surface area contributed by atoms with Crippen LogP contribution in [0.2, 0.25) is 0 Å². The number of aromatic hydroxyl groups is 1. The standard InChI is InChI=1S/C32H33F4N5O5/c1-6-41-16-23(28(38-41)32(34,35)36)21-12-19(15-40-10-9-39(5)29(40)37-30(44)46-31(2,3)4)13-22-26(43)20(17-45-27(21)22)11-18-7-8-24(33)25(42)14-18/h7-10,12-14,16,20,42H,6,11,15,17H2,1-5H3/b37-29+. The number of halogens is 4. The zero-order valence-electron chi connectivity index (χ0n) is 25.9. The number of aryl methyl sites for hydroxylation is 2. The van der Waals surface area contributed by atoms with E-state index in [4.69, 9.17) is 9.47 Å². The first kappa shape index (κ1) is 32.5. The molecule has 0 fully saturated rings. The van der Waals surface area contributed by atoms with Gasteiger partial charge in [0.1, 0.15) is 11.4 Å². The van der Waals surface area contributed by atoms with Gasteiger partial charge in [0.2, 0.25) is 5.62 Å². The summed E-state index contributed by atoms with van der Waals surface area (Å²) < 4.78 is 71.9. The van der Waals surface area contributed by atoms with Crippen LogP contribution in [0.1, 0.15) is 54.9 Å². The van der Waals surface area contributed by atoms with Gasteiger partial charge in [-0.05, 0) is 69.5 Å². The van der Waals surface area contributed by atoms with Crippen LogP contribution in [-0.2, 0) is 37.5 Å². The summed E-state index contributed by atoms with van der Waals surface area (Å²) in [5, 5.41) is 13.6. The van der Waals surface area contributed by atoms with Crippen LogP contribution >= 0.6 is 0 Å². The average molecular weight is 644 g/mol. The normalized spacial score (nSPS) is 15.5. The van der Waals surface area contributed by atoms with E-state index in [2.05, 4.69) is 10.1 Å². The Morgan fingerprint density at radius 2 is 1.83 bits per heavy atom. The second-order valence-corrected chi connectivity index (χ2v) is 12.1. The summed E-state index contributed by atoms with van der Waals surface area (Å²) in [4.78, 5) is 30.5. The van der Waals surface area contributed by atoms with Crippen molar-refractivity contribution in [2.24, 2.45) is 18.0 Å². The van der Waals surface area contributed by atoms with Gasteiger partial charge >= 0.3 is 12.3 Å². The van der Waals surface area contributed by atoms with Gasteiger partial charge in [0.05, 0.1) is 24.6 Å². The first-order chi connectivity index (χ1) is 21.5. The highest BCUT2D eigenvalue weighted by molar-refractivity contribution is 6.04. The van der Waals surface area contributed by atoms with Crippen LogP contribution in [0.3, 0.4) is 0 Å². The summed E-state index contributed by atoms with van der Waals surface area (Å²) in [7, 11) is 1.67. The Bertz CT molecular complexity index is 1880. The van der Waals surface area contributed by atoms with Gasteiger partial charge in [0.25, 0.3) is 0 Å². The molecule has 4 aromatic rings. The molecule has 10 nitrogen and oxygen atoms in total. The van der Waals surface area contributed by atoms with Crippen LogP contribution in [0.4, 0.5) is 22.4 Å². The molecule has 46 heavy (non-hydrogen) atoms. The lowest BCUT2D eigenvalue weighted by Gasteiger charge is -2.27. The van der Waals surface area contributed by atoms with Crippen molar-refractivity contribution in [1.29, 1.82) is 0 Å². The Morgan fingerprint density at radius 1 is 1.11 bits per heavy atom. The maximum absolute atomic E-state index is 14.2. The summed E-state index contributed by atoms with van der Waals surface area (Å²) >= 11 is 0. The van der Waals surface area contributed by atoms with E-state index in [1.54, 1.807) is 62.3 Å². The van der Waals surface area contributed by atoms with E-state index in [1.807, 2.05) is 0 Å². The third-order valence-corrected chi connectivity index (χ3v) is 7.33. The molecule has 1 unspecified atom stereocenters. The molecule has 3 heterocycles. The highest BCUT2D eigenvalue weighted by atomic mass is 19.4. The smallest absolute Gasteiger partial charge is 0.437 e. The largest absolute Gasteiger partial charge is 0.505 e. The lowest BCUT2D eigenvalue weighted by molar-refractivity contribution is -0.141. The number of Topliss-reactive ketones (excluding diaryl/α,β-unsaturated/α-hetero) is 1. The molecule has 0 radical (unpaired) electrons. The molecule has 0 saturated carbocycles. The van der Waals surface area contributed by atoms with Crippen LogP contribution in [0.25, 0.3) is 11.1 Å². The predicted octanol–water partition coefficient (Wildman–Crippen LogP) is 5.89. The number of phenols is 1. The number of ether oxygens (including phenoxy) is 2. The van der Waals surface area contributed by atoms with Crippen molar-refractivity contribution in [3.05, 3.63) is 82.7 Å². The third kappa shape index (κ3) is 6.85. The second-order valence-electron chi connectivity index (χ2n) is 12.1. The number of carbonyl (C=O) groups is 2. The third-order valence-electron chi connectivity index (χ3n) is 7.33. The number of aromatic nitrogens is 4. The quantitative estimate of drug-likeness (QED) is 0.262. The molecular weight excluding hydrogens is 610 g/mol. The van der Waals surface area contributed by atoms with E-state index < -0.39 is 41.0 Å². The summed E-state index contributed by atoms with van der Waals surface area (Å²) in [6.07, 6.45) is -0.965. The van der Waals surface area contributed by atoms with Crippen LogP contribution < -0.4 is 10.4 Å². The number of hydrogen-bond donors (Lipinski definition) is 1. The number of nitrogens with zero attached hydrogens (tertiary/aromatic N) is 5. The summed E-state index contributed by atoms with van der Waals surface area (Å²) in [5.41, 5.74) is -0.937. The zero-order chi connectivity index (χ0) is 33.6. The molecule has 1 amide bonds. The fourth-order valence-electron chi connectivity index (χ4n) is 5.26. The number of phenolic OH excluding ortho intramolecular Hbond substituents is 1. The fraction of sp³-hybridized carbons (Fsp3) is 0.375. The fourth-order valence-corrected chi connectivity index (χ4v) is 5.26. The molecule has 0 aliphatic carbocycles. The summed E-state index contributed by atoms with van der Waals surface area (Å²) in [6.45, 7) is 6.82. The first-order valence-electron chi connectivity index (χ1n) is 14.5. The van der Waals surface area contributed by atoms with E-state index in [0.29, 0.717) is 11.1 Å². The van der Waals surface area contributed by atoms with Crippen molar-refractivity contribution in [1.82, 2.24) is 18.9 Å². The van der Waals surface area contributed by atoms with E-state index in [9.17, 15) is 32.3 Å². The van der Waals surface area contributed by atoms with Gasteiger partial charge in [0, 0.05) is 43.3 Å². The van der Waals surface area contributed by atoms with Gasteiger partial charge in [-0.1, -0.05) is 6.07 Å². The molecule has 1 aliphatic rings. The Hall–Kier alpha value is -4.88. The van der Waals surface area contributed by atoms with Crippen molar-refractivity contribution in [2.75, 3.05) is 6.61 Å². The van der Waals surface area contributed by atoms with Gasteiger partial charge in [-0.3, -0.25) is 9.48 Å². The van der Waals surface area contributed by atoms with Gasteiger partial charge in [-0.2, -0.15) is 18.3 Å². The Kier molecular flexibility index (Phi) is 8.58. The van der Waals surface area contributed by atoms with Gasteiger partial charge < -0.3 is 23.7 Å². The minimum atomic E-state index is -4.79. The molecule has 0 saturated heterocycles. The van der Waals surface area contributed by atoms with Gasteiger partial charge in [-0.15, -0.1) is 4.99 Å². The molecule has 1 aliphatic heterocycles. The second kappa shape index (κ2) is 12.1. The molecule has 2 aromatic carbocycles. The highest BCUT2D eigenvalue weighted by Crippen LogP contribution is 2.44. The number of carbonyl (C=O) groups excluding carboxylic acids is 2. The maximum Gasteiger partial charge on any atom is 0.437 e. The lowest BCUT2D eigenvalue weighted by atomic mass is 9.86. The molecule has 0 bridgehead atoms. The van der Waals surface area contributed by atoms with Crippen molar-refractivity contribution >= 4 is 11.9 Å². The minimum Gasteiger partial charge on any atom is -0.505 e. The summed E-state index contributed by atoms with van der Waals surface area (Å²) in [5.74, 6) is -2.53. The topological polar surface area (TPSA) is 113 Å². The van der Waals surface area contributed by atoms with Gasteiger partial charge in [0.15, 0.2) is 23.0 Å². The number of amides is 1. The number of rotatable bonds is 6. The predicted molar refractivity (Wildman–Crippen MR) is 158 cm³/mol. The van der Waals surface area contributed by atoms with Crippen LogP contribution in [-0.4, -0.2) is 48.1 Å². The van der Waals surface area contributed by atoms with Crippen molar-refractivity contribution < 1.29 is 41.7 Å². The number of imidazole rings is 1. The monoisotopic (exact) mass is 643 g/mol. The van der Waals surface area contributed by atoms with E-state index in [0.717, 1.165) is 10.7 Å². The van der Waals surface area contributed by atoms with Crippen LogP contribution in [0.5, 0.6) is 11.5 Å². The number of ketones is 1. The Labute approximate surface area is 261 Å². The molecule has 1 atom stereocenters. The summed E-state index contributed by atoms with van der Waals surface area (Å²) in [6, 6.07) is 6.80. The molecule has 0 spiro atoms. The van der Waals surface area contributed by atoms with Crippen LogP contribution in [0, 0.1) is 11.7 Å². The number of alkyl halides is 3. The number of fused-ring (bicyclic) bond motifs is 1. The van der Waals surface area contributed by atoms with Crippen molar-refractivity contribution in [2.45, 2.75) is 59.0 Å². The Morgan fingerprint density at radius 3 is 2.48 bits per heavy atom.